The van der Waals surface area contributed by atoms with Crippen molar-refractivity contribution in [2.45, 2.75) is 25.0 Å². The summed E-state index contributed by atoms with van der Waals surface area (Å²) in [6, 6.07) is 2.03. The molecule has 6 heteroatoms. The molecule has 0 radical (unpaired) electrons. The van der Waals surface area contributed by atoms with Gasteiger partial charge in [0.05, 0.1) is 0 Å². The Morgan fingerprint density at radius 3 is 2.70 bits per heavy atom. The smallest absolute Gasteiger partial charge is 0.316 e. The SMILES string of the molecule is O=C([C@H]1C=CCN1)N1CCC(Oc2ncccn2)CC1. The van der Waals surface area contributed by atoms with Crippen LogP contribution in [0.15, 0.2) is 30.6 Å². The van der Waals surface area contributed by atoms with Crippen molar-refractivity contribution in [1.29, 1.82) is 0 Å². The van der Waals surface area contributed by atoms with E-state index in [4.69, 9.17) is 4.74 Å². The van der Waals surface area contributed by atoms with Gasteiger partial charge in [0.1, 0.15) is 12.1 Å². The molecule has 0 spiro atoms. The van der Waals surface area contributed by atoms with Crippen molar-refractivity contribution in [3.8, 4) is 6.01 Å². The van der Waals surface area contributed by atoms with E-state index in [9.17, 15) is 4.79 Å². The van der Waals surface area contributed by atoms with Crippen LogP contribution in [0.4, 0.5) is 0 Å². The average Bonchev–Trinajstić information content (AvgIpc) is 3.03. The highest BCUT2D eigenvalue weighted by molar-refractivity contribution is 5.84. The molecule has 1 atom stereocenters. The number of nitrogens with zero attached hydrogens (tertiary/aromatic N) is 3. The van der Waals surface area contributed by atoms with Crippen LogP contribution in [-0.4, -0.2) is 52.6 Å². The van der Waals surface area contributed by atoms with Gasteiger partial charge in [0, 0.05) is 44.9 Å². The molecule has 1 amide bonds. The van der Waals surface area contributed by atoms with Crippen molar-refractivity contribution in [2.24, 2.45) is 0 Å². The summed E-state index contributed by atoms with van der Waals surface area (Å²) in [7, 11) is 0. The van der Waals surface area contributed by atoms with Crippen molar-refractivity contribution >= 4 is 5.91 Å². The van der Waals surface area contributed by atoms with Crippen LogP contribution < -0.4 is 10.1 Å². The van der Waals surface area contributed by atoms with Gasteiger partial charge in [-0.05, 0) is 6.07 Å². The third-order valence-electron chi connectivity index (χ3n) is 3.62. The zero-order valence-electron chi connectivity index (χ0n) is 11.2. The number of hydrogen-bond acceptors (Lipinski definition) is 5. The Morgan fingerprint density at radius 1 is 1.30 bits per heavy atom. The number of ether oxygens (including phenoxy) is 1. The van der Waals surface area contributed by atoms with Crippen molar-refractivity contribution in [3.63, 3.8) is 0 Å². The Labute approximate surface area is 117 Å². The molecule has 1 aromatic rings. The third kappa shape index (κ3) is 2.96. The molecule has 2 aliphatic rings. The Bertz CT molecular complexity index is 483. The first-order valence-electron chi connectivity index (χ1n) is 6.95. The molecule has 3 rings (SSSR count). The van der Waals surface area contributed by atoms with E-state index in [0.29, 0.717) is 6.01 Å². The van der Waals surface area contributed by atoms with Crippen molar-refractivity contribution < 1.29 is 9.53 Å². The minimum Gasteiger partial charge on any atom is -0.460 e. The lowest BCUT2D eigenvalue weighted by Crippen LogP contribution is -2.48. The van der Waals surface area contributed by atoms with Gasteiger partial charge in [-0.2, -0.15) is 0 Å². The highest BCUT2D eigenvalue weighted by atomic mass is 16.5. The molecule has 0 saturated carbocycles. The van der Waals surface area contributed by atoms with E-state index in [-0.39, 0.29) is 18.1 Å². The van der Waals surface area contributed by atoms with Crippen LogP contribution in [0.3, 0.4) is 0 Å². The number of hydrogen-bond donors (Lipinski definition) is 1. The molecule has 1 fully saturated rings. The molecule has 0 aromatic carbocycles. The van der Waals surface area contributed by atoms with Crippen molar-refractivity contribution in [3.05, 3.63) is 30.6 Å². The summed E-state index contributed by atoms with van der Waals surface area (Å²) in [5.74, 6) is 0.160. The monoisotopic (exact) mass is 274 g/mol. The first kappa shape index (κ1) is 13.1. The highest BCUT2D eigenvalue weighted by Crippen LogP contribution is 2.16. The summed E-state index contributed by atoms with van der Waals surface area (Å²) < 4.78 is 5.72. The standard InChI is InChI=1S/C14H18N4O2/c19-13(12-3-1-6-15-12)18-9-4-11(5-10-18)20-14-16-7-2-8-17-14/h1-3,7-8,11-12,15H,4-6,9-10H2/t12-/m1/s1. The van der Waals surface area contributed by atoms with Crippen LogP contribution in [0, 0.1) is 0 Å². The van der Waals surface area contributed by atoms with Gasteiger partial charge in [-0.1, -0.05) is 12.2 Å². The highest BCUT2D eigenvalue weighted by Gasteiger charge is 2.28. The third-order valence-corrected chi connectivity index (χ3v) is 3.62. The van der Waals surface area contributed by atoms with Gasteiger partial charge in [-0.25, -0.2) is 9.97 Å². The number of piperidine rings is 1. The second-order valence-electron chi connectivity index (χ2n) is 4.99. The number of aromatic nitrogens is 2. The molecule has 0 bridgehead atoms. The molecular formula is C14H18N4O2. The lowest BCUT2D eigenvalue weighted by Gasteiger charge is -2.33. The lowest BCUT2D eigenvalue weighted by molar-refractivity contribution is -0.133. The first-order chi connectivity index (χ1) is 9.83. The van der Waals surface area contributed by atoms with Crippen molar-refractivity contribution in [1.82, 2.24) is 20.2 Å². The second kappa shape index (κ2) is 6.00. The van der Waals surface area contributed by atoms with E-state index in [0.717, 1.165) is 32.5 Å². The van der Waals surface area contributed by atoms with E-state index in [1.807, 2.05) is 17.1 Å². The predicted octanol–water partition coefficient (Wildman–Crippen LogP) is 0.374. The fourth-order valence-electron chi connectivity index (χ4n) is 2.52. The second-order valence-corrected chi connectivity index (χ2v) is 4.99. The van der Waals surface area contributed by atoms with Crippen LogP contribution >= 0.6 is 0 Å². The van der Waals surface area contributed by atoms with Crippen LogP contribution in [0.1, 0.15) is 12.8 Å². The molecule has 20 heavy (non-hydrogen) atoms. The fraction of sp³-hybridized carbons (Fsp3) is 0.500. The normalized spacial score (nSPS) is 23.0. The van der Waals surface area contributed by atoms with Gasteiger partial charge in [0.2, 0.25) is 5.91 Å². The predicted molar refractivity (Wildman–Crippen MR) is 73.2 cm³/mol. The summed E-state index contributed by atoms with van der Waals surface area (Å²) in [5, 5.41) is 3.15. The zero-order chi connectivity index (χ0) is 13.8. The molecule has 3 heterocycles. The van der Waals surface area contributed by atoms with Gasteiger partial charge in [-0.3, -0.25) is 10.1 Å². The van der Waals surface area contributed by atoms with Crippen LogP contribution in [0.2, 0.25) is 0 Å². The Morgan fingerprint density at radius 2 is 2.05 bits per heavy atom. The Hall–Kier alpha value is -1.95. The summed E-state index contributed by atoms with van der Waals surface area (Å²) in [6.07, 6.45) is 8.99. The largest absolute Gasteiger partial charge is 0.460 e. The number of carbonyl (C=O) groups is 1. The molecule has 106 valence electrons. The average molecular weight is 274 g/mol. The minimum absolute atomic E-state index is 0.0912. The lowest BCUT2D eigenvalue weighted by atomic mass is 10.1. The summed E-state index contributed by atoms with van der Waals surface area (Å²) in [6.45, 7) is 2.23. The fourth-order valence-corrected chi connectivity index (χ4v) is 2.52. The van der Waals surface area contributed by atoms with Gasteiger partial charge in [0.25, 0.3) is 0 Å². The van der Waals surface area contributed by atoms with Gasteiger partial charge in [0.15, 0.2) is 0 Å². The number of nitrogens with one attached hydrogen (secondary N) is 1. The van der Waals surface area contributed by atoms with Crippen LogP contribution in [-0.2, 0) is 4.79 Å². The van der Waals surface area contributed by atoms with E-state index in [1.165, 1.54) is 0 Å². The maximum Gasteiger partial charge on any atom is 0.316 e. The van der Waals surface area contributed by atoms with E-state index in [2.05, 4.69) is 15.3 Å². The van der Waals surface area contributed by atoms with E-state index < -0.39 is 0 Å². The van der Waals surface area contributed by atoms with Gasteiger partial charge in [-0.15, -0.1) is 0 Å². The number of likely N-dealkylation sites (tertiary alicyclic amines) is 1. The maximum absolute atomic E-state index is 12.2. The van der Waals surface area contributed by atoms with Crippen LogP contribution in [0.25, 0.3) is 0 Å². The summed E-state index contributed by atoms with van der Waals surface area (Å²) in [5.41, 5.74) is 0. The topological polar surface area (TPSA) is 67.4 Å². The summed E-state index contributed by atoms with van der Waals surface area (Å²) in [4.78, 5) is 22.2. The van der Waals surface area contributed by atoms with Gasteiger partial charge < -0.3 is 9.64 Å². The van der Waals surface area contributed by atoms with Gasteiger partial charge >= 0.3 is 6.01 Å². The molecule has 2 aliphatic heterocycles. The summed E-state index contributed by atoms with van der Waals surface area (Å²) >= 11 is 0. The quantitative estimate of drug-likeness (QED) is 0.807. The van der Waals surface area contributed by atoms with E-state index in [1.54, 1.807) is 18.5 Å². The van der Waals surface area contributed by atoms with Crippen LogP contribution in [0.5, 0.6) is 6.01 Å². The Balaban J connectivity index is 1.49. The number of carbonyl (C=O) groups excluding carboxylic acids is 1. The maximum atomic E-state index is 12.2. The molecule has 1 saturated heterocycles. The zero-order valence-corrected chi connectivity index (χ0v) is 11.2. The molecule has 1 N–H and O–H groups in total. The molecular weight excluding hydrogens is 256 g/mol. The number of rotatable bonds is 3. The van der Waals surface area contributed by atoms with Crippen molar-refractivity contribution in [2.75, 3.05) is 19.6 Å². The molecule has 6 nitrogen and oxygen atoms in total. The number of amides is 1. The molecule has 0 unspecified atom stereocenters. The van der Waals surface area contributed by atoms with E-state index >= 15 is 0 Å². The first-order valence-corrected chi connectivity index (χ1v) is 6.95. The molecule has 1 aromatic heterocycles. The minimum atomic E-state index is -0.148. The molecule has 0 aliphatic carbocycles. The Kier molecular flexibility index (Phi) is 3.92.